The highest BCUT2D eigenvalue weighted by molar-refractivity contribution is 7.80. The number of allylic oxidation sites excluding steroid dienone is 1. The lowest BCUT2D eigenvalue weighted by molar-refractivity contribution is 0.218. The average molecular weight is 307 g/mol. The summed E-state index contributed by atoms with van der Waals surface area (Å²) in [6, 6.07) is 0. The molecular formula is C15H21N3O2S. The first-order valence-electron chi connectivity index (χ1n) is 7.15. The van der Waals surface area contributed by atoms with E-state index in [1.807, 2.05) is 12.2 Å². The van der Waals surface area contributed by atoms with Gasteiger partial charge in [0.25, 0.3) is 0 Å². The van der Waals surface area contributed by atoms with Gasteiger partial charge in [0.05, 0.1) is 25.8 Å². The molecule has 0 amide bonds. The molecule has 0 bridgehead atoms. The van der Waals surface area contributed by atoms with E-state index in [0.717, 1.165) is 24.5 Å². The second kappa shape index (κ2) is 7.36. The Kier molecular flexibility index (Phi) is 5.50. The summed E-state index contributed by atoms with van der Waals surface area (Å²) in [5, 5.41) is 3.53. The average Bonchev–Trinajstić information content (AvgIpc) is 2.49. The molecule has 2 aliphatic rings. The van der Waals surface area contributed by atoms with Crippen LogP contribution < -0.4 is 5.32 Å². The summed E-state index contributed by atoms with van der Waals surface area (Å²) in [5.74, 6) is 2.13. The Bertz CT molecular complexity index is 535. The summed E-state index contributed by atoms with van der Waals surface area (Å²) >= 11 is 5.18. The molecule has 114 valence electrons. The molecule has 0 aromatic heterocycles. The fourth-order valence-corrected chi connectivity index (χ4v) is 2.50. The molecule has 1 aliphatic heterocycles. The van der Waals surface area contributed by atoms with E-state index in [9.17, 15) is 0 Å². The Hall–Kier alpha value is -1.69. The number of ether oxygens (including phenoxy) is 2. The van der Waals surface area contributed by atoms with Crippen molar-refractivity contribution in [2.24, 2.45) is 15.9 Å². The second-order valence-electron chi connectivity index (χ2n) is 4.87. The van der Waals surface area contributed by atoms with Crippen molar-refractivity contribution < 1.29 is 9.47 Å². The van der Waals surface area contributed by atoms with Crippen molar-refractivity contribution in [1.29, 1.82) is 0 Å². The van der Waals surface area contributed by atoms with Gasteiger partial charge in [-0.15, -0.1) is 0 Å². The van der Waals surface area contributed by atoms with Crippen LogP contribution in [0.3, 0.4) is 0 Å². The predicted octanol–water partition coefficient (Wildman–Crippen LogP) is 2.59. The van der Waals surface area contributed by atoms with Crippen LogP contribution >= 0.6 is 12.2 Å². The normalized spacial score (nSPS) is 22.8. The van der Waals surface area contributed by atoms with Crippen molar-refractivity contribution in [3.8, 4) is 0 Å². The Morgan fingerprint density at radius 2 is 2.05 bits per heavy atom. The van der Waals surface area contributed by atoms with E-state index in [1.165, 1.54) is 12.8 Å². The number of thiocarbonyl (C=S) groups is 1. The van der Waals surface area contributed by atoms with E-state index in [0.29, 0.717) is 16.6 Å². The lowest BCUT2D eigenvalue weighted by Gasteiger charge is -2.27. The van der Waals surface area contributed by atoms with Gasteiger partial charge in [0, 0.05) is 12.6 Å². The molecule has 0 saturated heterocycles. The zero-order valence-electron chi connectivity index (χ0n) is 12.7. The maximum absolute atomic E-state index is 5.36. The summed E-state index contributed by atoms with van der Waals surface area (Å²) in [7, 11) is 3.23. The Balaban J connectivity index is 2.24. The van der Waals surface area contributed by atoms with Gasteiger partial charge >= 0.3 is 0 Å². The smallest absolute Gasteiger partial charge is 0.198 e. The number of methoxy groups -OCH3 is 2. The molecule has 0 spiro atoms. The monoisotopic (exact) mass is 307 g/mol. The van der Waals surface area contributed by atoms with Crippen LogP contribution in [-0.2, 0) is 9.47 Å². The molecule has 1 atom stereocenters. The molecule has 1 aliphatic carbocycles. The van der Waals surface area contributed by atoms with Gasteiger partial charge < -0.3 is 14.8 Å². The molecule has 0 fully saturated rings. The largest absolute Gasteiger partial charge is 0.493 e. The first kappa shape index (κ1) is 15.7. The van der Waals surface area contributed by atoms with Crippen LogP contribution in [0.1, 0.15) is 26.2 Å². The lowest BCUT2D eigenvalue weighted by atomic mass is 9.94. The minimum Gasteiger partial charge on any atom is -0.493 e. The van der Waals surface area contributed by atoms with Gasteiger partial charge in [0.15, 0.2) is 16.6 Å². The highest BCUT2D eigenvalue weighted by Crippen LogP contribution is 2.25. The standard InChI is InChI=1S/C15H21N3O2S/c1-4-5-6-7-16-14-10-8-12(19-2)13(20-3)9-11(10)17-15(21)18-14/h8-10H,4-7H2,1-3H3,(H,16,18,21). The van der Waals surface area contributed by atoms with Gasteiger partial charge in [-0.25, -0.2) is 4.99 Å². The van der Waals surface area contributed by atoms with E-state index in [1.54, 1.807) is 14.2 Å². The lowest BCUT2D eigenvalue weighted by Crippen LogP contribution is -2.43. The Labute approximate surface area is 130 Å². The van der Waals surface area contributed by atoms with Gasteiger partial charge in [-0.05, 0) is 24.7 Å². The molecule has 2 rings (SSSR count). The highest BCUT2D eigenvalue weighted by Gasteiger charge is 2.30. The van der Waals surface area contributed by atoms with Crippen LogP contribution in [0.5, 0.6) is 0 Å². The molecule has 1 N–H and O–H groups in total. The number of rotatable bonds is 6. The second-order valence-corrected chi connectivity index (χ2v) is 5.25. The number of unbranched alkanes of at least 4 members (excludes halogenated alkanes) is 2. The third-order valence-corrected chi connectivity index (χ3v) is 3.60. The third-order valence-electron chi connectivity index (χ3n) is 3.40. The summed E-state index contributed by atoms with van der Waals surface area (Å²) in [6.45, 7) is 2.97. The quantitative estimate of drug-likeness (QED) is 0.605. The number of aliphatic imine (C=N–C) groups is 2. The molecular weight excluding hydrogens is 286 g/mol. The number of hydrogen-bond acceptors (Lipinski definition) is 4. The topological polar surface area (TPSA) is 55.2 Å². The molecule has 0 aromatic rings. The SMILES string of the molecule is CCCCCN=C1NC(=S)N=C2C=C(OC)C(OC)=CC21. The van der Waals surface area contributed by atoms with Gasteiger partial charge in [-0.1, -0.05) is 19.8 Å². The van der Waals surface area contributed by atoms with E-state index in [-0.39, 0.29) is 5.92 Å². The third kappa shape index (κ3) is 3.69. The number of amidine groups is 1. The fraction of sp³-hybridized carbons (Fsp3) is 0.533. The van der Waals surface area contributed by atoms with E-state index >= 15 is 0 Å². The zero-order chi connectivity index (χ0) is 15.2. The van der Waals surface area contributed by atoms with Crippen LogP contribution in [0, 0.1) is 5.92 Å². The number of hydrogen-bond donors (Lipinski definition) is 1. The maximum Gasteiger partial charge on any atom is 0.198 e. The molecule has 1 unspecified atom stereocenters. The van der Waals surface area contributed by atoms with E-state index < -0.39 is 0 Å². The minimum atomic E-state index is -0.0489. The van der Waals surface area contributed by atoms with Crippen LogP contribution in [-0.4, -0.2) is 37.4 Å². The van der Waals surface area contributed by atoms with Crippen LogP contribution in [0.25, 0.3) is 0 Å². The summed E-state index contributed by atoms with van der Waals surface area (Å²) < 4.78 is 10.7. The van der Waals surface area contributed by atoms with Crippen LogP contribution in [0.4, 0.5) is 0 Å². The van der Waals surface area contributed by atoms with Gasteiger partial charge in [-0.2, -0.15) is 0 Å². The van der Waals surface area contributed by atoms with Crippen LogP contribution in [0.15, 0.2) is 33.7 Å². The molecule has 0 radical (unpaired) electrons. The number of nitrogens with one attached hydrogen (secondary N) is 1. The first-order chi connectivity index (χ1) is 10.2. The maximum atomic E-state index is 5.36. The molecule has 6 heteroatoms. The molecule has 0 aromatic carbocycles. The van der Waals surface area contributed by atoms with Crippen LogP contribution in [0.2, 0.25) is 0 Å². The van der Waals surface area contributed by atoms with Crippen molar-refractivity contribution in [2.45, 2.75) is 26.2 Å². The molecule has 1 heterocycles. The molecule has 21 heavy (non-hydrogen) atoms. The van der Waals surface area contributed by atoms with Crippen molar-refractivity contribution in [2.75, 3.05) is 20.8 Å². The number of fused-ring (bicyclic) bond motifs is 1. The zero-order valence-corrected chi connectivity index (χ0v) is 13.5. The molecule has 0 saturated carbocycles. The molecule has 5 nitrogen and oxygen atoms in total. The van der Waals surface area contributed by atoms with Crippen molar-refractivity contribution >= 4 is 28.9 Å². The van der Waals surface area contributed by atoms with Gasteiger partial charge in [0.1, 0.15) is 5.84 Å². The predicted molar refractivity (Wildman–Crippen MR) is 88.7 cm³/mol. The van der Waals surface area contributed by atoms with Gasteiger partial charge in [-0.3, -0.25) is 4.99 Å². The van der Waals surface area contributed by atoms with E-state index in [4.69, 9.17) is 21.7 Å². The van der Waals surface area contributed by atoms with Crippen molar-refractivity contribution in [1.82, 2.24) is 5.32 Å². The Morgan fingerprint density at radius 3 is 2.71 bits per heavy atom. The minimum absolute atomic E-state index is 0.0489. The summed E-state index contributed by atoms with van der Waals surface area (Å²) in [4.78, 5) is 9.01. The summed E-state index contributed by atoms with van der Waals surface area (Å²) in [6.07, 6.45) is 7.26. The fourth-order valence-electron chi connectivity index (χ4n) is 2.29. The first-order valence-corrected chi connectivity index (χ1v) is 7.56. The number of nitrogens with zero attached hydrogens (tertiary/aromatic N) is 2. The van der Waals surface area contributed by atoms with Gasteiger partial charge in [0.2, 0.25) is 0 Å². The van der Waals surface area contributed by atoms with E-state index in [2.05, 4.69) is 22.2 Å². The Morgan fingerprint density at radius 1 is 1.29 bits per heavy atom. The van der Waals surface area contributed by atoms with Crippen molar-refractivity contribution in [3.05, 3.63) is 23.7 Å². The highest BCUT2D eigenvalue weighted by atomic mass is 32.1. The van der Waals surface area contributed by atoms with Crippen molar-refractivity contribution in [3.63, 3.8) is 0 Å². The summed E-state index contributed by atoms with van der Waals surface area (Å²) in [5.41, 5.74) is 0.839.